The first-order valence-electron chi connectivity index (χ1n) is 9.81. The zero-order chi connectivity index (χ0) is 24.1. The highest BCUT2D eigenvalue weighted by molar-refractivity contribution is 6.30. The highest BCUT2D eigenvalue weighted by atomic mass is 16.5. The number of urea groups is 1. The number of barbiturate groups is 1. The van der Waals surface area contributed by atoms with E-state index in [-0.39, 0.29) is 18.1 Å². The number of imide groups is 2. The Balaban J connectivity index is 1.71. The molecule has 3 rings (SSSR count). The highest BCUT2D eigenvalue weighted by Gasteiger charge is 2.37. The van der Waals surface area contributed by atoms with Crippen LogP contribution in [-0.2, 0) is 14.4 Å². The van der Waals surface area contributed by atoms with Gasteiger partial charge in [-0.2, -0.15) is 0 Å². The number of carbonyl (C=O) groups is 4. The van der Waals surface area contributed by atoms with Gasteiger partial charge in [-0.25, -0.2) is 4.79 Å². The molecular weight excluding hydrogens is 430 g/mol. The zero-order valence-corrected chi connectivity index (χ0v) is 18.6. The lowest BCUT2D eigenvalue weighted by atomic mass is 10.1. The van der Waals surface area contributed by atoms with Crippen LogP contribution in [0.25, 0.3) is 6.08 Å². The molecule has 0 saturated carbocycles. The number of amides is 5. The number of carbonyl (C=O) groups excluding carboxylic acids is 4. The lowest BCUT2D eigenvalue weighted by Crippen LogP contribution is -2.52. The van der Waals surface area contributed by atoms with Crippen molar-refractivity contribution in [3.8, 4) is 17.2 Å². The van der Waals surface area contributed by atoms with Gasteiger partial charge in [0.1, 0.15) is 11.3 Å². The van der Waals surface area contributed by atoms with E-state index in [0.717, 1.165) is 9.80 Å². The molecule has 0 bridgehead atoms. The molecule has 10 nitrogen and oxygen atoms in total. The smallest absolute Gasteiger partial charge is 0.333 e. The second kappa shape index (κ2) is 9.86. The van der Waals surface area contributed by atoms with Crippen molar-refractivity contribution in [3.05, 3.63) is 53.6 Å². The van der Waals surface area contributed by atoms with Gasteiger partial charge in [0.05, 0.1) is 14.2 Å². The molecule has 33 heavy (non-hydrogen) atoms. The third-order valence-corrected chi connectivity index (χ3v) is 4.88. The Morgan fingerprint density at radius 2 is 1.55 bits per heavy atom. The minimum Gasteiger partial charge on any atom is -0.497 e. The fraction of sp³-hybridized carbons (Fsp3) is 0.217. The monoisotopic (exact) mass is 453 g/mol. The second-order valence-electron chi connectivity index (χ2n) is 7.04. The molecule has 0 atom stereocenters. The molecular formula is C23H23N3O7. The molecule has 0 unspecified atom stereocenters. The Bertz CT molecular complexity index is 1100. The molecule has 1 aliphatic rings. The van der Waals surface area contributed by atoms with Gasteiger partial charge in [0.2, 0.25) is 0 Å². The van der Waals surface area contributed by atoms with Crippen molar-refractivity contribution in [1.82, 2.24) is 9.80 Å². The Hall–Kier alpha value is -4.34. The van der Waals surface area contributed by atoms with Crippen LogP contribution in [0.3, 0.4) is 0 Å². The van der Waals surface area contributed by atoms with Gasteiger partial charge in [0, 0.05) is 19.8 Å². The molecule has 172 valence electrons. The summed E-state index contributed by atoms with van der Waals surface area (Å²) in [7, 11) is 5.58. The van der Waals surface area contributed by atoms with Gasteiger partial charge >= 0.3 is 6.03 Å². The fourth-order valence-electron chi connectivity index (χ4n) is 3.05. The van der Waals surface area contributed by atoms with Gasteiger partial charge in [0.25, 0.3) is 17.7 Å². The van der Waals surface area contributed by atoms with Crippen molar-refractivity contribution in [1.29, 1.82) is 0 Å². The van der Waals surface area contributed by atoms with Crippen LogP contribution in [0.1, 0.15) is 5.56 Å². The Morgan fingerprint density at radius 3 is 2.12 bits per heavy atom. The van der Waals surface area contributed by atoms with E-state index in [1.165, 1.54) is 27.3 Å². The molecule has 1 saturated heterocycles. The van der Waals surface area contributed by atoms with Crippen LogP contribution in [-0.4, -0.2) is 68.5 Å². The third kappa shape index (κ3) is 5.12. The lowest BCUT2D eigenvalue weighted by molar-refractivity contribution is -0.134. The van der Waals surface area contributed by atoms with Crippen LogP contribution in [0.4, 0.5) is 10.5 Å². The van der Waals surface area contributed by atoms with Crippen LogP contribution in [0.2, 0.25) is 0 Å². The van der Waals surface area contributed by atoms with E-state index in [1.807, 2.05) is 0 Å². The topological polar surface area (TPSA) is 114 Å². The van der Waals surface area contributed by atoms with Crippen LogP contribution < -0.4 is 19.5 Å². The summed E-state index contributed by atoms with van der Waals surface area (Å²) in [6.07, 6.45) is 1.37. The molecule has 1 N–H and O–H groups in total. The van der Waals surface area contributed by atoms with Gasteiger partial charge in [-0.05, 0) is 48.0 Å². The summed E-state index contributed by atoms with van der Waals surface area (Å²) < 4.78 is 16.0. The number of methoxy groups -OCH3 is 2. The summed E-state index contributed by atoms with van der Waals surface area (Å²) in [5.41, 5.74) is 0.914. The SMILES string of the molecule is COc1ccc(NC(=O)COc2ccc(C=C3C(=O)N(C)C(=O)N(C)C3=O)cc2OC)cc1. The van der Waals surface area contributed by atoms with E-state index >= 15 is 0 Å². The molecule has 10 heteroatoms. The Labute approximate surface area is 190 Å². The largest absolute Gasteiger partial charge is 0.497 e. The maximum absolute atomic E-state index is 12.4. The summed E-state index contributed by atoms with van der Waals surface area (Å²) in [6, 6.07) is 10.9. The van der Waals surface area contributed by atoms with E-state index in [0.29, 0.717) is 28.5 Å². The number of rotatable bonds is 7. The maximum atomic E-state index is 12.4. The van der Waals surface area contributed by atoms with Gasteiger partial charge in [0.15, 0.2) is 18.1 Å². The van der Waals surface area contributed by atoms with Crippen molar-refractivity contribution < 1.29 is 33.4 Å². The fourth-order valence-corrected chi connectivity index (χ4v) is 3.05. The van der Waals surface area contributed by atoms with E-state index in [1.54, 1.807) is 49.6 Å². The minimum atomic E-state index is -0.698. The van der Waals surface area contributed by atoms with Gasteiger partial charge in [-0.3, -0.25) is 24.2 Å². The van der Waals surface area contributed by atoms with Gasteiger partial charge in [-0.15, -0.1) is 0 Å². The molecule has 1 aliphatic heterocycles. The van der Waals surface area contributed by atoms with Crippen LogP contribution >= 0.6 is 0 Å². The third-order valence-electron chi connectivity index (χ3n) is 4.88. The predicted octanol–water partition coefficient (Wildman–Crippen LogP) is 2.16. The quantitative estimate of drug-likeness (QED) is 0.505. The first-order chi connectivity index (χ1) is 15.7. The van der Waals surface area contributed by atoms with Crippen molar-refractivity contribution >= 4 is 35.5 Å². The number of hydrogen-bond acceptors (Lipinski definition) is 7. The molecule has 5 amide bonds. The molecule has 2 aromatic rings. The molecule has 0 aliphatic carbocycles. The predicted molar refractivity (Wildman–Crippen MR) is 119 cm³/mol. The summed E-state index contributed by atoms with van der Waals surface area (Å²) >= 11 is 0. The summed E-state index contributed by atoms with van der Waals surface area (Å²) in [4.78, 5) is 50.5. The molecule has 1 heterocycles. The number of benzene rings is 2. The van der Waals surface area contributed by atoms with Gasteiger partial charge < -0.3 is 19.5 Å². The van der Waals surface area contributed by atoms with E-state index in [9.17, 15) is 19.2 Å². The second-order valence-corrected chi connectivity index (χ2v) is 7.04. The maximum Gasteiger partial charge on any atom is 0.333 e. The van der Waals surface area contributed by atoms with Crippen LogP contribution in [0.5, 0.6) is 17.2 Å². The van der Waals surface area contributed by atoms with Crippen molar-refractivity contribution in [2.24, 2.45) is 0 Å². The minimum absolute atomic E-state index is 0.158. The molecule has 1 fully saturated rings. The standard InChI is InChI=1S/C23H23N3O7/c1-25-21(28)17(22(29)26(2)23(25)30)11-14-5-10-18(19(12-14)32-4)33-13-20(27)24-15-6-8-16(31-3)9-7-15/h5-12H,13H2,1-4H3,(H,24,27). The average molecular weight is 453 g/mol. The Morgan fingerprint density at radius 1 is 0.909 bits per heavy atom. The van der Waals surface area contributed by atoms with Crippen LogP contribution in [0.15, 0.2) is 48.0 Å². The number of nitrogens with one attached hydrogen (secondary N) is 1. The normalized spacial score (nSPS) is 13.7. The van der Waals surface area contributed by atoms with Crippen molar-refractivity contribution in [2.45, 2.75) is 0 Å². The first-order valence-corrected chi connectivity index (χ1v) is 9.81. The lowest BCUT2D eigenvalue weighted by Gasteiger charge is -2.28. The van der Waals surface area contributed by atoms with Crippen LogP contribution in [0, 0.1) is 0 Å². The number of likely N-dealkylation sites (N-methyl/N-ethyl adjacent to an activating group) is 2. The van der Waals surface area contributed by atoms with Gasteiger partial charge in [-0.1, -0.05) is 6.07 Å². The van der Waals surface area contributed by atoms with E-state index in [2.05, 4.69) is 5.32 Å². The molecule has 0 radical (unpaired) electrons. The molecule has 2 aromatic carbocycles. The molecule has 0 spiro atoms. The van der Waals surface area contributed by atoms with Crippen molar-refractivity contribution in [2.75, 3.05) is 40.2 Å². The highest BCUT2D eigenvalue weighted by Crippen LogP contribution is 2.30. The number of anilines is 1. The zero-order valence-electron chi connectivity index (χ0n) is 18.6. The average Bonchev–Trinajstić information content (AvgIpc) is 2.83. The van der Waals surface area contributed by atoms with E-state index < -0.39 is 17.8 Å². The number of hydrogen-bond donors (Lipinski definition) is 1. The van der Waals surface area contributed by atoms with E-state index in [4.69, 9.17) is 14.2 Å². The summed E-state index contributed by atoms with van der Waals surface area (Å²) in [6.45, 7) is -0.266. The van der Waals surface area contributed by atoms with Crippen molar-refractivity contribution in [3.63, 3.8) is 0 Å². The summed E-state index contributed by atoms with van der Waals surface area (Å²) in [5, 5.41) is 2.71. The first kappa shape index (κ1) is 23.3. The Kier molecular flexibility index (Phi) is 6.97. The number of nitrogens with zero attached hydrogens (tertiary/aromatic N) is 2. The number of ether oxygens (including phenoxy) is 3. The summed E-state index contributed by atoms with van der Waals surface area (Å²) in [5.74, 6) is -0.492. The molecule has 0 aromatic heterocycles.